The molecule has 1 unspecified atom stereocenters. The summed E-state index contributed by atoms with van der Waals surface area (Å²) in [7, 11) is 3.70. The number of nitrogens with one attached hydrogen (secondary N) is 1. The molecule has 0 saturated carbocycles. The molecule has 0 aliphatic heterocycles. The van der Waals surface area contributed by atoms with Crippen LogP contribution in [0.5, 0.6) is 0 Å². The predicted octanol–water partition coefficient (Wildman–Crippen LogP) is 5.97. The number of H-pyrrole nitrogens is 1. The number of hydrogen-bond donors (Lipinski definition) is 2. The highest BCUT2D eigenvalue weighted by Gasteiger charge is 2.36. The molecule has 29 heavy (non-hydrogen) atoms. The first-order chi connectivity index (χ1) is 13.6. The Balaban J connectivity index is 0.000000331. The molecule has 0 fully saturated rings. The quantitative estimate of drug-likeness (QED) is 0.532. The average Bonchev–Trinajstić information content (AvgIpc) is 3.03. The lowest BCUT2D eigenvalue weighted by atomic mass is 9.97. The summed E-state index contributed by atoms with van der Waals surface area (Å²) in [5.41, 5.74) is 0.274. The zero-order valence-electron chi connectivity index (χ0n) is 17.8. The highest BCUT2D eigenvalue weighted by Crippen LogP contribution is 2.35. The predicted molar refractivity (Wildman–Crippen MR) is 111 cm³/mol. The van der Waals surface area contributed by atoms with E-state index in [0.717, 1.165) is 32.1 Å². The molecule has 0 spiro atoms. The Bertz CT molecular complexity index is 754. The van der Waals surface area contributed by atoms with Gasteiger partial charge in [0.05, 0.1) is 5.92 Å². The van der Waals surface area contributed by atoms with Crippen LogP contribution in [0, 0.1) is 5.92 Å². The van der Waals surface area contributed by atoms with Gasteiger partial charge in [0.1, 0.15) is 5.69 Å². The molecule has 4 nitrogen and oxygen atoms in total. The van der Waals surface area contributed by atoms with Crippen LogP contribution in [0.25, 0.3) is 10.9 Å². The fraction of sp³-hybridized carbons (Fsp3) is 0.591. The van der Waals surface area contributed by atoms with Gasteiger partial charge in [-0.2, -0.15) is 13.2 Å². The summed E-state index contributed by atoms with van der Waals surface area (Å²) in [4.78, 5) is 15.0. The zero-order chi connectivity index (χ0) is 22.0. The van der Waals surface area contributed by atoms with Gasteiger partial charge in [0.15, 0.2) is 0 Å². The summed E-state index contributed by atoms with van der Waals surface area (Å²) in [6.07, 6.45) is 0.826. The number of para-hydroxylation sites is 1. The fourth-order valence-electron chi connectivity index (χ4n) is 3.23. The molecule has 2 rings (SSSR count). The SMILES string of the molecule is CCCCC(CCC)C(=O)O.CN(C)CCc1c(C(F)(F)F)[nH]c2ccccc12. The first-order valence-electron chi connectivity index (χ1n) is 10.2. The van der Waals surface area contributed by atoms with E-state index in [9.17, 15) is 18.0 Å². The van der Waals surface area contributed by atoms with Crippen LogP contribution < -0.4 is 0 Å². The van der Waals surface area contributed by atoms with Crippen molar-refractivity contribution in [3.05, 3.63) is 35.5 Å². The van der Waals surface area contributed by atoms with Gasteiger partial charge in [-0.05, 0) is 45.0 Å². The maximum atomic E-state index is 13.0. The van der Waals surface area contributed by atoms with Gasteiger partial charge < -0.3 is 15.0 Å². The van der Waals surface area contributed by atoms with E-state index < -0.39 is 17.8 Å². The Morgan fingerprint density at radius 3 is 2.31 bits per heavy atom. The summed E-state index contributed by atoms with van der Waals surface area (Å²) in [6, 6.07) is 6.89. The lowest BCUT2D eigenvalue weighted by molar-refractivity contribution is -0.142. The van der Waals surface area contributed by atoms with Crippen molar-refractivity contribution in [3.8, 4) is 0 Å². The second-order valence-electron chi connectivity index (χ2n) is 7.54. The fourth-order valence-corrected chi connectivity index (χ4v) is 3.23. The van der Waals surface area contributed by atoms with Crippen LogP contribution in [-0.2, 0) is 17.4 Å². The highest BCUT2D eigenvalue weighted by atomic mass is 19.4. The molecule has 2 N–H and O–H groups in total. The third-order valence-corrected chi connectivity index (χ3v) is 4.80. The van der Waals surface area contributed by atoms with Gasteiger partial charge in [0.2, 0.25) is 0 Å². The summed E-state index contributed by atoms with van der Waals surface area (Å²) in [5.74, 6) is -0.722. The maximum absolute atomic E-state index is 13.0. The number of halogens is 3. The summed E-state index contributed by atoms with van der Waals surface area (Å²) in [5, 5.41) is 9.39. The number of hydrogen-bond acceptors (Lipinski definition) is 2. The van der Waals surface area contributed by atoms with E-state index in [-0.39, 0.29) is 5.92 Å². The van der Waals surface area contributed by atoms with Crippen molar-refractivity contribution in [1.29, 1.82) is 0 Å². The van der Waals surface area contributed by atoms with Crippen LogP contribution in [0.1, 0.15) is 57.2 Å². The average molecular weight is 415 g/mol. The minimum Gasteiger partial charge on any atom is -0.481 e. The third kappa shape index (κ3) is 8.09. The molecule has 0 aliphatic carbocycles. The van der Waals surface area contributed by atoms with Gasteiger partial charge in [-0.25, -0.2) is 0 Å². The number of nitrogens with zero attached hydrogens (tertiary/aromatic N) is 1. The molecule has 1 aromatic heterocycles. The minimum absolute atomic E-state index is 0.0973. The number of carboxylic acids is 1. The van der Waals surface area contributed by atoms with Crippen LogP contribution in [0.15, 0.2) is 24.3 Å². The van der Waals surface area contributed by atoms with E-state index >= 15 is 0 Å². The number of rotatable bonds is 9. The van der Waals surface area contributed by atoms with Crippen LogP contribution in [-0.4, -0.2) is 41.6 Å². The maximum Gasteiger partial charge on any atom is 0.431 e. The molecule has 1 atom stereocenters. The smallest absolute Gasteiger partial charge is 0.431 e. The van der Waals surface area contributed by atoms with Crippen LogP contribution >= 0.6 is 0 Å². The Labute approximate surface area is 171 Å². The van der Waals surface area contributed by atoms with Gasteiger partial charge >= 0.3 is 12.1 Å². The first kappa shape index (κ1) is 25.0. The number of aromatic nitrogens is 1. The number of benzene rings is 1. The third-order valence-electron chi connectivity index (χ3n) is 4.80. The molecule has 7 heteroatoms. The molecule has 0 bridgehead atoms. The highest BCUT2D eigenvalue weighted by molar-refractivity contribution is 5.84. The minimum atomic E-state index is -4.33. The van der Waals surface area contributed by atoms with Gasteiger partial charge in [-0.1, -0.05) is 51.3 Å². The topological polar surface area (TPSA) is 56.3 Å². The van der Waals surface area contributed by atoms with E-state index in [2.05, 4.69) is 11.9 Å². The molecule has 2 aromatic rings. The van der Waals surface area contributed by atoms with Crippen LogP contribution in [0.3, 0.4) is 0 Å². The van der Waals surface area contributed by atoms with Crippen molar-refractivity contribution in [2.24, 2.45) is 5.92 Å². The number of carboxylic acid groups (broad SMARTS) is 1. The van der Waals surface area contributed by atoms with Crippen molar-refractivity contribution >= 4 is 16.9 Å². The van der Waals surface area contributed by atoms with E-state index in [1.807, 2.05) is 25.9 Å². The van der Waals surface area contributed by atoms with Gasteiger partial charge in [0.25, 0.3) is 0 Å². The number of likely N-dealkylation sites (N-methyl/N-ethyl adjacent to an activating group) is 1. The molecule has 0 saturated heterocycles. The number of carbonyl (C=O) groups is 1. The van der Waals surface area contributed by atoms with Crippen molar-refractivity contribution in [3.63, 3.8) is 0 Å². The van der Waals surface area contributed by atoms with E-state index in [1.165, 1.54) is 0 Å². The number of fused-ring (bicyclic) bond motifs is 1. The van der Waals surface area contributed by atoms with Crippen molar-refractivity contribution < 1.29 is 23.1 Å². The lowest BCUT2D eigenvalue weighted by Crippen LogP contribution is -2.17. The Morgan fingerprint density at radius 2 is 1.79 bits per heavy atom. The van der Waals surface area contributed by atoms with Crippen LogP contribution in [0.4, 0.5) is 13.2 Å². The zero-order valence-corrected chi connectivity index (χ0v) is 17.8. The van der Waals surface area contributed by atoms with Gasteiger partial charge in [0, 0.05) is 17.4 Å². The summed E-state index contributed by atoms with van der Waals surface area (Å²) in [6.45, 7) is 4.71. The van der Waals surface area contributed by atoms with Crippen LogP contribution in [0.2, 0.25) is 0 Å². The van der Waals surface area contributed by atoms with Gasteiger partial charge in [-0.15, -0.1) is 0 Å². The number of alkyl halides is 3. The molecular formula is C22H33F3N2O2. The van der Waals surface area contributed by atoms with E-state index in [4.69, 9.17) is 5.11 Å². The number of aliphatic carboxylic acids is 1. The Hall–Kier alpha value is -2.02. The Kier molecular flexibility index (Phi) is 10.2. The van der Waals surface area contributed by atoms with Crippen molar-refractivity contribution in [2.75, 3.05) is 20.6 Å². The largest absolute Gasteiger partial charge is 0.481 e. The van der Waals surface area contributed by atoms with E-state index in [1.54, 1.807) is 24.3 Å². The van der Waals surface area contributed by atoms with E-state index in [0.29, 0.717) is 29.4 Å². The standard InChI is InChI=1S/C13H15F3N2.C9H18O2/c1-18(2)8-7-10-9-5-3-4-6-11(9)17-12(10)13(14,15)16;1-3-5-7-8(6-4-2)9(10)11/h3-6,17H,7-8H2,1-2H3;8H,3-7H2,1-2H3,(H,10,11). The normalized spacial score (nSPS) is 12.7. The van der Waals surface area contributed by atoms with Gasteiger partial charge in [-0.3, -0.25) is 4.79 Å². The summed E-state index contributed by atoms with van der Waals surface area (Å²) < 4.78 is 38.9. The lowest BCUT2D eigenvalue weighted by Gasteiger charge is -2.11. The second-order valence-corrected chi connectivity index (χ2v) is 7.54. The first-order valence-corrected chi connectivity index (χ1v) is 10.2. The molecule has 1 heterocycles. The molecular weight excluding hydrogens is 381 g/mol. The number of aromatic amines is 1. The summed E-state index contributed by atoms with van der Waals surface area (Å²) >= 11 is 0. The number of unbranched alkanes of at least 4 members (excludes halogenated alkanes) is 1. The molecule has 1 aromatic carbocycles. The Morgan fingerprint density at radius 1 is 1.14 bits per heavy atom. The molecule has 0 radical (unpaired) electrons. The molecule has 0 aliphatic rings. The molecule has 164 valence electrons. The monoisotopic (exact) mass is 414 g/mol. The molecule has 0 amide bonds. The van der Waals surface area contributed by atoms with Crippen molar-refractivity contribution in [1.82, 2.24) is 9.88 Å². The second kappa shape index (κ2) is 11.9. The van der Waals surface area contributed by atoms with Crippen molar-refractivity contribution in [2.45, 2.75) is 58.5 Å².